The molecule has 1 aromatic heterocycles. The van der Waals surface area contributed by atoms with Crippen molar-refractivity contribution in [3.63, 3.8) is 0 Å². The Kier molecular flexibility index (Phi) is 3.20. The number of nitrogens with two attached hydrogens (primary N) is 1. The normalized spacial score (nSPS) is 15.0. The van der Waals surface area contributed by atoms with Crippen LogP contribution in [0.25, 0.3) is 5.69 Å². The third-order valence-corrected chi connectivity index (χ3v) is 4.04. The van der Waals surface area contributed by atoms with E-state index in [1.165, 1.54) is 12.8 Å². The van der Waals surface area contributed by atoms with Gasteiger partial charge in [-0.15, -0.1) is 0 Å². The number of benzene rings is 1. The molecule has 1 aromatic carbocycles. The molecule has 3 N–H and O–H groups in total. The molecule has 1 fully saturated rings. The van der Waals surface area contributed by atoms with Gasteiger partial charge in [-0.25, -0.2) is 4.68 Å². The van der Waals surface area contributed by atoms with Crippen molar-refractivity contribution in [1.29, 1.82) is 0 Å². The highest BCUT2D eigenvalue weighted by molar-refractivity contribution is 5.92. The number of nitrogen functional groups attached to an aromatic ring is 1. The van der Waals surface area contributed by atoms with E-state index >= 15 is 0 Å². The first-order valence-corrected chi connectivity index (χ1v) is 7.20. The van der Waals surface area contributed by atoms with Gasteiger partial charge in [-0.3, -0.25) is 4.79 Å². The molecule has 3 rings (SSSR count). The topological polar surface area (TPSA) is 72.9 Å². The largest absolute Gasteiger partial charge is 0.397 e. The number of amides is 1. The summed E-state index contributed by atoms with van der Waals surface area (Å²) >= 11 is 0. The molecule has 0 bridgehead atoms. The summed E-state index contributed by atoms with van der Waals surface area (Å²) in [6.07, 6.45) is 4.12. The molecule has 5 heteroatoms. The summed E-state index contributed by atoms with van der Waals surface area (Å²) in [6, 6.07) is 9.16. The number of rotatable bonds is 4. The summed E-state index contributed by atoms with van der Waals surface area (Å²) < 4.78 is 1.63. The summed E-state index contributed by atoms with van der Waals surface area (Å²) in [4.78, 5) is 12.3. The first kappa shape index (κ1) is 13.7. The number of hydrogen-bond donors (Lipinski definition) is 2. The van der Waals surface area contributed by atoms with Crippen molar-refractivity contribution in [1.82, 2.24) is 15.1 Å². The Labute approximate surface area is 124 Å². The van der Waals surface area contributed by atoms with E-state index in [2.05, 4.69) is 24.3 Å². The zero-order chi connectivity index (χ0) is 15.0. The second kappa shape index (κ2) is 4.91. The SMILES string of the molecule is CC(C)(NC(=O)c1ccn(-c2ccccc2N)n1)C1CC1. The molecular formula is C16H20N4O. The second-order valence-electron chi connectivity index (χ2n) is 6.15. The van der Waals surface area contributed by atoms with Crippen molar-refractivity contribution in [3.05, 3.63) is 42.2 Å². The van der Waals surface area contributed by atoms with Gasteiger partial charge >= 0.3 is 0 Å². The van der Waals surface area contributed by atoms with Crippen molar-refractivity contribution >= 4 is 11.6 Å². The Balaban J connectivity index is 1.79. The van der Waals surface area contributed by atoms with Crippen molar-refractivity contribution in [3.8, 4) is 5.69 Å². The molecule has 1 aliphatic rings. The van der Waals surface area contributed by atoms with Gasteiger partial charge in [0.2, 0.25) is 0 Å². The highest BCUT2D eigenvalue weighted by Crippen LogP contribution is 2.39. The molecule has 0 spiro atoms. The van der Waals surface area contributed by atoms with Crippen molar-refractivity contribution < 1.29 is 4.79 Å². The summed E-state index contributed by atoms with van der Waals surface area (Å²) in [6.45, 7) is 4.13. The molecule has 2 aromatic rings. The summed E-state index contributed by atoms with van der Waals surface area (Å²) in [5.74, 6) is 0.438. The molecule has 0 atom stereocenters. The Morgan fingerprint density at radius 1 is 1.33 bits per heavy atom. The lowest BCUT2D eigenvalue weighted by atomic mass is 9.98. The quantitative estimate of drug-likeness (QED) is 0.847. The zero-order valence-electron chi connectivity index (χ0n) is 12.3. The number of nitrogens with zero attached hydrogens (tertiary/aromatic N) is 2. The Morgan fingerprint density at radius 2 is 2.05 bits per heavy atom. The van der Waals surface area contributed by atoms with E-state index in [0.717, 1.165) is 5.69 Å². The molecule has 0 unspecified atom stereocenters. The van der Waals surface area contributed by atoms with Crippen LogP contribution in [0.4, 0.5) is 5.69 Å². The summed E-state index contributed by atoms with van der Waals surface area (Å²) in [7, 11) is 0. The number of anilines is 1. The molecule has 0 aliphatic heterocycles. The van der Waals surface area contributed by atoms with Crippen LogP contribution in [0.5, 0.6) is 0 Å². The smallest absolute Gasteiger partial charge is 0.272 e. The first-order chi connectivity index (χ1) is 9.97. The number of carbonyl (C=O) groups excluding carboxylic acids is 1. The molecule has 21 heavy (non-hydrogen) atoms. The van der Waals surface area contributed by atoms with E-state index in [1.54, 1.807) is 16.9 Å². The molecule has 1 saturated carbocycles. The van der Waals surface area contributed by atoms with Crippen LogP contribution in [0.1, 0.15) is 37.2 Å². The molecule has 0 saturated heterocycles. The fourth-order valence-electron chi connectivity index (χ4n) is 2.54. The highest BCUT2D eigenvalue weighted by atomic mass is 16.2. The van der Waals surface area contributed by atoms with E-state index in [1.807, 2.05) is 24.3 Å². The molecule has 1 aliphatic carbocycles. The Morgan fingerprint density at radius 3 is 2.71 bits per heavy atom. The maximum Gasteiger partial charge on any atom is 0.272 e. The lowest BCUT2D eigenvalue weighted by molar-refractivity contribution is 0.0897. The maximum atomic E-state index is 12.3. The van der Waals surface area contributed by atoms with Crippen molar-refractivity contribution in [2.75, 3.05) is 5.73 Å². The van der Waals surface area contributed by atoms with E-state index in [0.29, 0.717) is 17.3 Å². The third-order valence-electron chi connectivity index (χ3n) is 4.04. The fraction of sp³-hybridized carbons (Fsp3) is 0.375. The molecule has 0 radical (unpaired) electrons. The second-order valence-corrected chi connectivity index (χ2v) is 6.15. The average Bonchev–Trinajstić information content (AvgIpc) is 3.18. The third kappa shape index (κ3) is 2.77. The van der Waals surface area contributed by atoms with Crippen LogP contribution >= 0.6 is 0 Å². The number of para-hydroxylation sites is 2. The van der Waals surface area contributed by atoms with Gasteiger partial charge in [0, 0.05) is 11.7 Å². The standard InChI is InChI=1S/C16H20N4O/c1-16(2,11-7-8-11)18-15(21)13-9-10-20(19-13)14-6-4-3-5-12(14)17/h3-6,9-11H,7-8,17H2,1-2H3,(H,18,21). The van der Waals surface area contributed by atoms with Crippen molar-refractivity contribution in [2.24, 2.45) is 5.92 Å². The first-order valence-electron chi connectivity index (χ1n) is 7.20. The van der Waals surface area contributed by atoms with E-state index in [4.69, 9.17) is 5.73 Å². The lowest BCUT2D eigenvalue weighted by Gasteiger charge is -2.25. The summed E-state index contributed by atoms with van der Waals surface area (Å²) in [5.41, 5.74) is 7.57. The van der Waals surface area contributed by atoms with E-state index in [-0.39, 0.29) is 11.4 Å². The van der Waals surface area contributed by atoms with Crippen LogP contribution in [0, 0.1) is 5.92 Å². The minimum Gasteiger partial charge on any atom is -0.397 e. The van der Waals surface area contributed by atoms with Gasteiger partial charge in [-0.2, -0.15) is 5.10 Å². The Hall–Kier alpha value is -2.30. The van der Waals surface area contributed by atoms with Crippen LogP contribution in [0.3, 0.4) is 0 Å². The maximum absolute atomic E-state index is 12.3. The van der Waals surface area contributed by atoms with Gasteiger partial charge < -0.3 is 11.1 Å². The van der Waals surface area contributed by atoms with Crippen molar-refractivity contribution in [2.45, 2.75) is 32.2 Å². The average molecular weight is 284 g/mol. The monoisotopic (exact) mass is 284 g/mol. The Bertz CT molecular complexity index is 670. The fourth-order valence-corrected chi connectivity index (χ4v) is 2.54. The van der Waals surface area contributed by atoms with Gasteiger partial charge in [-0.05, 0) is 50.8 Å². The predicted octanol–water partition coefficient (Wildman–Crippen LogP) is 2.37. The van der Waals surface area contributed by atoms with Crippen LogP contribution in [-0.2, 0) is 0 Å². The molecule has 5 nitrogen and oxygen atoms in total. The van der Waals surface area contributed by atoms with Gasteiger partial charge in [0.1, 0.15) is 0 Å². The van der Waals surface area contributed by atoms with Gasteiger partial charge in [0.25, 0.3) is 5.91 Å². The number of carbonyl (C=O) groups is 1. The minimum absolute atomic E-state index is 0.139. The number of hydrogen-bond acceptors (Lipinski definition) is 3. The van der Waals surface area contributed by atoms with Crippen LogP contribution in [0.2, 0.25) is 0 Å². The molecule has 110 valence electrons. The van der Waals surface area contributed by atoms with Gasteiger partial charge in [0.15, 0.2) is 5.69 Å². The number of aromatic nitrogens is 2. The van der Waals surface area contributed by atoms with E-state index in [9.17, 15) is 4.79 Å². The zero-order valence-corrected chi connectivity index (χ0v) is 12.3. The molecule has 1 heterocycles. The van der Waals surface area contributed by atoms with Gasteiger partial charge in [-0.1, -0.05) is 12.1 Å². The van der Waals surface area contributed by atoms with Crippen LogP contribution < -0.4 is 11.1 Å². The highest BCUT2D eigenvalue weighted by Gasteiger charge is 2.39. The van der Waals surface area contributed by atoms with Crippen LogP contribution in [0.15, 0.2) is 36.5 Å². The molecular weight excluding hydrogens is 264 g/mol. The number of nitrogens with one attached hydrogen (secondary N) is 1. The van der Waals surface area contributed by atoms with Gasteiger partial charge in [0.05, 0.1) is 11.4 Å². The lowest BCUT2D eigenvalue weighted by Crippen LogP contribution is -2.45. The van der Waals surface area contributed by atoms with E-state index < -0.39 is 0 Å². The van der Waals surface area contributed by atoms with Crippen LogP contribution in [-0.4, -0.2) is 21.2 Å². The summed E-state index contributed by atoms with van der Waals surface area (Å²) in [5, 5.41) is 7.40. The predicted molar refractivity (Wildman–Crippen MR) is 82.2 cm³/mol. The minimum atomic E-state index is -0.174. The molecule has 1 amide bonds.